The van der Waals surface area contributed by atoms with E-state index in [9.17, 15) is 13.2 Å². The Bertz CT molecular complexity index is 886. The van der Waals surface area contributed by atoms with Crippen LogP contribution in [0.15, 0.2) is 53.4 Å². The van der Waals surface area contributed by atoms with E-state index in [0.29, 0.717) is 18.0 Å². The summed E-state index contributed by atoms with van der Waals surface area (Å²) in [6.45, 7) is 6.86. The summed E-state index contributed by atoms with van der Waals surface area (Å²) >= 11 is 1.49. The van der Waals surface area contributed by atoms with Gasteiger partial charge in [-0.3, -0.25) is 9.52 Å². The van der Waals surface area contributed by atoms with E-state index < -0.39 is 10.0 Å². The summed E-state index contributed by atoms with van der Waals surface area (Å²) in [6, 6.07) is 15.2. The molecule has 0 aliphatic carbocycles. The van der Waals surface area contributed by atoms with Gasteiger partial charge in [-0.25, -0.2) is 8.42 Å². The molecule has 0 aromatic heterocycles. The van der Waals surface area contributed by atoms with Crippen LogP contribution >= 0.6 is 11.8 Å². The first-order valence-electron chi connectivity index (χ1n) is 8.60. The molecule has 2 N–H and O–H groups in total. The molecule has 2 aromatic carbocycles. The fraction of sp³-hybridized carbons (Fsp3) is 0.350. The SMILES string of the molecule is CC(C)(C)c1ccc(SCC(=O)NCc2cccc(NS(C)(=O)=O)c2)cc1. The van der Waals surface area contributed by atoms with Crippen LogP contribution in [0.5, 0.6) is 0 Å². The van der Waals surface area contributed by atoms with Gasteiger partial charge in [0.25, 0.3) is 0 Å². The minimum Gasteiger partial charge on any atom is -0.351 e. The molecular weight excluding hydrogens is 380 g/mol. The molecule has 0 radical (unpaired) electrons. The molecule has 0 atom stereocenters. The van der Waals surface area contributed by atoms with E-state index in [1.54, 1.807) is 18.2 Å². The van der Waals surface area contributed by atoms with Crippen LogP contribution in [-0.4, -0.2) is 26.3 Å². The van der Waals surface area contributed by atoms with Crippen molar-refractivity contribution in [2.45, 2.75) is 37.6 Å². The molecule has 1 amide bonds. The molecule has 0 unspecified atom stereocenters. The van der Waals surface area contributed by atoms with Crippen molar-refractivity contribution in [1.29, 1.82) is 0 Å². The Morgan fingerprint density at radius 1 is 1.07 bits per heavy atom. The molecule has 146 valence electrons. The number of benzene rings is 2. The number of carbonyl (C=O) groups excluding carboxylic acids is 1. The Labute approximate surface area is 166 Å². The maximum Gasteiger partial charge on any atom is 0.230 e. The monoisotopic (exact) mass is 406 g/mol. The van der Waals surface area contributed by atoms with Gasteiger partial charge in [0.15, 0.2) is 0 Å². The summed E-state index contributed by atoms with van der Waals surface area (Å²) in [6.07, 6.45) is 1.10. The van der Waals surface area contributed by atoms with Crippen LogP contribution < -0.4 is 10.0 Å². The van der Waals surface area contributed by atoms with Gasteiger partial charge in [0, 0.05) is 17.1 Å². The van der Waals surface area contributed by atoms with Gasteiger partial charge in [-0.2, -0.15) is 0 Å². The molecule has 5 nitrogen and oxygen atoms in total. The number of nitrogens with one attached hydrogen (secondary N) is 2. The van der Waals surface area contributed by atoms with E-state index in [0.717, 1.165) is 16.7 Å². The molecule has 27 heavy (non-hydrogen) atoms. The van der Waals surface area contributed by atoms with Crippen molar-refractivity contribution >= 4 is 33.4 Å². The fourth-order valence-corrected chi connectivity index (χ4v) is 3.69. The summed E-state index contributed by atoms with van der Waals surface area (Å²) in [5.74, 6) is 0.261. The zero-order valence-corrected chi connectivity index (χ0v) is 17.7. The predicted octanol–water partition coefficient (Wildman–Crippen LogP) is 3.76. The molecule has 2 aromatic rings. The van der Waals surface area contributed by atoms with Crippen LogP contribution in [0.4, 0.5) is 5.69 Å². The molecule has 0 saturated carbocycles. The lowest BCUT2D eigenvalue weighted by atomic mass is 9.87. The maximum absolute atomic E-state index is 12.1. The highest BCUT2D eigenvalue weighted by Gasteiger charge is 2.13. The average molecular weight is 407 g/mol. The second-order valence-corrected chi connectivity index (χ2v) is 10.2. The van der Waals surface area contributed by atoms with Crippen molar-refractivity contribution in [2.75, 3.05) is 16.7 Å². The first-order valence-corrected chi connectivity index (χ1v) is 11.5. The van der Waals surface area contributed by atoms with Gasteiger partial charge in [0.2, 0.25) is 15.9 Å². The van der Waals surface area contributed by atoms with Crippen molar-refractivity contribution in [2.24, 2.45) is 0 Å². The Morgan fingerprint density at radius 3 is 2.33 bits per heavy atom. The molecule has 0 heterocycles. The van der Waals surface area contributed by atoms with Crippen molar-refractivity contribution in [3.8, 4) is 0 Å². The van der Waals surface area contributed by atoms with E-state index in [4.69, 9.17) is 0 Å². The van der Waals surface area contributed by atoms with E-state index in [1.165, 1.54) is 17.3 Å². The third-order valence-corrected chi connectivity index (χ3v) is 5.43. The number of hydrogen-bond acceptors (Lipinski definition) is 4. The molecule has 0 bridgehead atoms. The number of amides is 1. The van der Waals surface area contributed by atoms with Crippen molar-refractivity contribution in [3.63, 3.8) is 0 Å². The molecule has 0 aliphatic heterocycles. The zero-order valence-electron chi connectivity index (χ0n) is 16.1. The quantitative estimate of drug-likeness (QED) is 0.687. The normalized spacial score (nSPS) is 11.9. The van der Waals surface area contributed by atoms with Crippen LogP contribution in [0.1, 0.15) is 31.9 Å². The van der Waals surface area contributed by atoms with Crippen LogP contribution in [0.2, 0.25) is 0 Å². The lowest BCUT2D eigenvalue weighted by molar-refractivity contribution is -0.118. The lowest BCUT2D eigenvalue weighted by Crippen LogP contribution is -2.24. The number of rotatable bonds is 7. The Morgan fingerprint density at radius 2 is 1.74 bits per heavy atom. The summed E-state index contributed by atoms with van der Waals surface area (Å²) in [5.41, 5.74) is 2.69. The van der Waals surface area contributed by atoms with Gasteiger partial charge >= 0.3 is 0 Å². The largest absolute Gasteiger partial charge is 0.351 e. The van der Waals surface area contributed by atoms with Crippen molar-refractivity contribution in [1.82, 2.24) is 5.32 Å². The minimum absolute atomic E-state index is 0.0682. The number of thioether (sulfide) groups is 1. The van der Waals surface area contributed by atoms with E-state index in [-0.39, 0.29) is 11.3 Å². The maximum atomic E-state index is 12.1. The minimum atomic E-state index is -3.32. The van der Waals surface area contributed by atoms with Gasteiger partial charge in [-0.1, -0.05) is 45.0 Å². The highest BCUT2D eigenvalue weighted by atomic mass is 32.2. The van der Waals surface area contributed by atoms with Crippen LogP contribution in [0, 0.1) is 0 Å². The average Bonchev–Trinajstić information content (AvgIpc) is 2.56. The summed E-state index contributed by atoms with van der Waals surface area (Å²) in [7, 11) is -3.32. The number of carbonyl (C=O) groups is 1. The smallest absolute Gasteiger partial charge is 0.230 e. The van der Waals surface area contributed by atoms with Crippen LogP contribution in [0.25, 0.3) is 0 Å². The number of sulfonamides is 1. The van der Waals surface area contributed by atoms with Gasteiger partial charge < -0.3 is 5.32 Å². The highest BCUT2D eigenvalue weighted by molar-refractivity contribution is 8.00. The molecule has 0 fully saturated rings. The Hall–Kier alpha value is -1.99. The first-order chi connectivity index (χ1) is 12.5. The summed E-state index contributed by atoms with van der Waals surface area (Å²) in [4.78, 5) is 13.1. The Kier molecular flexibility index (Phi) is 6.95. The third-order valence-electron chi connectivity index (χ3n) is 3.81. The lowest BCUT2D eigenvalue weighted by Gasteiger charge is -2.19. The molecule has 0 aliphatic rings. The van der Waals surface area contributed by atoms with Gasteiger partial charge in [0.05, 0.1) is 12.0 Å². The van der Waals surface area contributed by atoms with Crippen LogP contribution in [-0.2, 0) is 26.8 Å². The van der Waals surface area contributed by atoms with Crippen LogP contribution in [0.3, 0.4) is 0 Å². The fourth-order valence-electron chi connectivity index (χ4n) is 2.41. The number of anilines is 1. The van der Waals surface area contributed by atoms with Crippen molar-refractivity contribution in [3.05, 3.63) is 59.7 Å². The second-order valence-electron chi connectivity index (χ2n) is 7.41. The second kappa shape index (κ2) is 8.80. The van der Waals surface area contributed by atoms with Gasteiger partial charge in [-0.05, 0) is 40.8 Å². The van der Waals surface area contributed by atoms with Gasteiger partial charge in [-0.15, -0.1) is 11.8 Å². The standard InChI is InChI=1S/C20H26N2O3S2/c1-20(2,3)16-8-10-18(11-9-16)26-14-19(23)21-13-15-6-5-7-17(12-15)22-27(4,24)25/h5-12,22H,13-14H2,1-4H3,(H,21,23). The number of hydrogen-bond donors (Lipinski definition) is 2. The first kappa shape index (κ1) is 21.3. The van der Waals surface area contributed by atoms with Crippen molar-refractivity contribution < 1.29 is 13.2 Å². The highest BCUT2D eigenvalue weighted by Crippen LogP contribution is 2.25. The predicted molar refractivity (Wildman–Crippen MR) is 113 cm³/mol. The summed E-state index contributed by atoms with van der Waals surface area (Å²) < 4.78 is 25.0. The molecule has 7 heteroatoms. The molecular formula is C20H26N2O3S2. The summed E-state index contributed by atoms with van der Waals surface area (Å²) in [5, 5.41) is 2.86. The molecule has 0 spiro atoms. The molecule has 2 rings (SSSR count). The van der Waals surface area contributed by atoms with E-state index in [1.807, 2.05) is 18.2 Å². The van der Waals surface area contributed by atoms with Gasteiger partial charge in [0.1, 0.15) is 0 Å². The molecule has 0 saturated heterocycles. The van der Waals surface area contributed by atoms with E-state index in [2.05, 4.69) is 42.9 Å². The zero-order chi connectivity index (χ0) is 20.1. The third kappa shape index (κ3) is 7.64. The van der Waals surface area contributed by atoms with E-state index >= 15 is 0 Å². The topological polar surface area (TPSA) is 75.3 Å². The Balaban J connectivity index is 1.84.